The average molecular weight is 265 g/mol. The Morgan fingerprint density at radius 1 is 1.42 bits per heavy atom. The summed E-state index contributed by atoms with van der Waals surface area (Å²) >= 11 is 0. The molecule has 1 aliphatic heterocycles. The molecule has 5 heteroatoms. The Morgan fingerprint density at radius 2 is 2.11 bits per heavy atom. The van der Waals surface area contributed by atoms with Crippen molar-refractivity contribution in [1.82, 2.24) is 5.32 Å². The van der Waals surface area contributed by atoms with Gasteiger partial charge in [-0.3, -0.25) is 5.32 Å². The summed E-state index contributed by atoms with van der Waals surface area (Å²) in [5, 5.41) is 12.6. The number of fused-ring (bicyclic) bond motifs is 1. The highest BCUT2D eigenvalue weighted by Gasteiger charge is 2.36. The molecule has 1 unspecified atom stereocenters. The van der Waals surface area contributed by atoms with Gasteiger partial charge in [-0.1, -0.05) is 19.9 Å². The number of carboxylic acid groups (broad SMARTS) is 1. The summed E-state index contributed by atoms with van der Waals surface area (Å²) in [7, 11) is 0. The third-order valence-electron chi connectivity index (χ3n) is 3.24. The zero-order valence-electron chi connectivity index (χ0n) is 11.4. The summed E-state index contributed by atoms with van der Waals surface area (Å²) < 4.78 is 10.5. The van der Waals surface area contributed by atoms with Gasteiger partial charge in [-0.2, -0.15) is 0 Å². The third kappa shape index (κ3) is 2.66. The second kappa shape index (κ2) is 5.09. The summed E-state index contributed by atoms with van der Waals surface area (Å²) in [5.74, 6) is 0.705. The standard InChI is InChI=1S/C14H19NO4/c1-9(2)7-15-14(3,13(16)17)10-4-5-11-12(6-10)19-8-18-11/h4-6,9,15H,7-8H2,1-3H3,(H,16,17). The van der Waals surface area contributed by atoms with Gasteiger partial charge >= 0.3 is 5.97 Å². The number of carboxylic acids is 1. The molecule has 2 N–H and O–H groups in total. The van der Waals surface area contributed by atoms with E-state index in [1.54, 1.807) is 25.1 Å². The van der Waals surface area contributed by atoms with Crippen LogP contribution in [0.5, 0.6) is 11.5 Å². The van der Waals surface area contributed by atoms with Crippen LogP contribution >= 0.6 is 0 Å². The van der Waals surface area contributed by atoms with Gasteiger partial charge in [0.2, 0.25) is 6.79 Å². The number of rotatable bonds is 5. The van der Waals surface area contributed by atoms with E-state index < -0.39 is 11.5 Å². The van der Waals surface area contributed by atoms with E-state index in [9.17, 15) is 9.90 Å². The van der Waals surface area contributed by atoms with Crippen molar-refractivity contribution in [2.75, 3.05) is 13.3 Å². The predicted octanol–water partition coefficient (Wildman–Crippen LogP) is 1.96. The van der Waals surface area contributed by atoms with Gasteiger partial charge in [0.15, 0.2) is 11.5 Å². The summed E-state index contributed by atoms with van der Waals surface area (Å²) in [6, 6.07) is 5.23. The minimum atomic E-state index is -1.13. The van der Waals surface area contributed by atoms with Gasteiger partial charge in [-0.25, -0.2) is 4.79 Å². The van der Waals surface area contributed by atoms with Crippen molar-refractivity contribution in [3.05, 3.63) is 23.8 Å². The smallest absolute Gasteiger partial charge is 0.328 e. The van der Waals surface area contributed by atoms with Gasteiger partial charge in [-0.05, 0) is 37.1 Å². The minimum Gasteiger partial charge on any atom is -0.480 e. The van der Waals surface area contributed by atoms with E-state index >= 15 is 0 Å². The normalized spacial score (nSPS) is 16.4. The number of carbonyl (C=O) groups is 1. The molecule has 2 rings (SSSR count). The number of hydrogen-bond donors (Lipinski definition) is 2. The predicted molar refractivity (Wildman–Crippen MR) is 70.4 cm³/mol. The van der Waals surface area contributed by atoms with Crippen LogP contribution < -0.4 is 14.8 Å². The molecule has 0 saturated heterocycles. The maximum atomic E-state index is 11.6. The van der Waals surface area contributed by atoms with E-state index in [1.165, 1.54) is 0 Å². The van der Waals surface area contributed by atoms with Crippen molar-refractivity contribution in [3.8, 4) is 11.5 Å². The first-order valence-corrected chi connectivity index (χ1v) is 6.32. The van der Waals surface area contributed by atoms with Crippen molar-refractivity contribution in [2.45, 2.75) is 26.3 Å². The maximum Gasteiger partial charge on any atom is 0.328 e. The molecule has 104 valence electrons. The van der Waals surface area contributed by atoms with E-state index in [1.807, 2.05) is 13.8 Å². The quantitative estimate of drug-likeness (QED) is 0.851. The van der Waals surface area contributed by atoms with Crippen LogP contribution in [0.1, 0.15) is 26.3 Å². The summed E-state index contributed by atoms with van der Waals surface area (Å²) in [4.78, 5) is 11.6. The van der Waals surface area contributed by atoms with E-state index in [-0.39, 0.29) is 6.79 Å². The number of hydrogen-bond acceptors (Lipinski definition) is 4. The zero-order chi connectivity index (χ0) is 14.0. The molecule has 0 amide bonds. The fraction of sp³-hybridized carbons (Fsp3) is 0.500. The van der Waals surface area contributed by atoms with Crippen LogP contribution in [0.25, 0.3) is 0 Å². The fourth-order valence-electron chi connectivity index (χ4n) is 1.92. The maximum absolute atomic E-state index is 11.6. The molecular weight excluding hydrogens is 246 g/mol. The number of ether oxygens (including phenoxy) is 2. The Balaban J connectivity index is 2.30. The first kappa shape index (κ1) is 13.7. The Kier molecular flexibility index (Phi) is 3.66. The highest BCUT2D eigenvalue weighted by Crippen LogP contribution is 2.35. The molecule has 1 aliphatic rings. The zero-order valence-corrected chi connectivity index (χ0v) is 11.4. The highest BCUT2D eigenvalue weighted by molar-refractivity contribution is 5.80. The van der Waals surface area contributed by atoms with Crippen LogP contribution in [0.2, 0.25) is 0 Å². The van der Waals surface area contributed by atoms with E-state index in [4.69, 9.17) is 9.47 Å². The molecule has 0 spiro atoms. The van der Waals surface area contributed by atoms with Crippen LogP contribution in [0.4, 0.5) is 0 Å². The van der Waals surface area contributed by atoms with Crippen molar-refractivity contribution < 1.29 is 19.4 Å². The molecule has 5 nitrogen and oxygen atoms in total. The number of nitrogens with one attached hydrogen (secondary N) is 1. The molecular formula is C14H19NO4. The third-order valence-corrected chi connectivity index (χ3v) is 3.24. The van der Waals surface area contributed by atoms with E-state index in [0.29, 0.717) is 29.5 Å². The molecule has 0 aromatic heterocycles. The lowest BCUT2D eigenvalue weighted by atomic mass is 9.91. The Hall–Kier alpha value is -1.75. The topological polar surface area (TPSA) is 67.8 Å². The first-order valence-electron chi connectivity index (χ1n) is 6.32. The van der Waals surface area contributed by atoms with Crippen LogP contribution in [-0.4, -0.2) is 24.4 Å². The Morgan fingerprint density at radius 3 is 2.74 bits per heavy atom. The van der Waals surface area contributed by atoms with Crippen molar-refractivity contribution in [3.63, 3.8) is 0 Å². The largest absolute Gasteiger partial charge is 0.480 e. The first-order chi connectivity index (χ1) is 8.93. The molecule has 1 aromatic carbocycles. The second-order valence-electron chi connectivity index (χ2n) is 5.27. The minimum absolute atomic E-state index is 0.183. The average Bonchev–Trinajstić information content (AvgIpc) is 2.82. The molecule has 1 aromatic rings. The molecule has 0 saturated carbocycles. The van der Waals surface area contributed by atoms with Crippen LogP contribution in [0.15, 0.2) is 18.2 Å². The monoisotopic (exact) mass is 265 g/mol. The second-order valence-corrected chi connectivity index (χ2v) is 5.27. The van der Waals surface area contributed by atoms with Gasteiger partial charge in [0.25, 0.3) is 0 Å². The van der Waals surface area contributed by atoms with Gasteiger partial charge in [0.05, 0.1) is 0 Å². The molecule has 0 fully saturated rings. The Bertz CT molecular complexity index is 486. The van der Waals surface area contributed by atoms with Crippen molar-refractivity contribution >= 4 is 5.97 Å². The van der Waals surface area contributed by atoms with Gasteiger partial charge < -0.3 is 14.6 Å². The van der Waals surface area contributed by atoms with Crippen molar-refractivity contribution in [1.29, 1.82) is 0 Å². The Labute approximate surface area is 112 Å². The molecule has 1 atom stereocenters. The van der Waals surface area contributed by atoms with E-state index in [0.717, 1.165) is 0 Å². The highest BCUT2D eigenvalue weighted by atomic mass is 16.7. The number of aliphatic carboxylic acids is 1. The number of benzene rings is 1. The van der Waals surface area contributed by atoms with Crippen LogP contribution in [-0.2, 0) is 10.3 Å². The molecule has 0 bridgehead atoms. The van der Waals surface area contributed by atoms with Gasteiger partial charge in [0, 0.05) is 0 Å². The van der Waals surface area contributed by atoms with Gasteiger partial charge in [-0.15, -0.1) is 0 Å². The van der Waals surface area contributed by atoms with E-state index in [2.05, 4.69) is 5.32 Å². The van der Waals surface area contributed by atoms with Crippen LogP contribution in [0.3, 0.4) is 0 Å². The SMILES string of the molecule is CC(C)CNC(C)(C(=O)O)c1ccc2c(c1)OCO2. The lowest BCUT2D eigenvalue weighted by Gasteiger charge is -2.28. The van der Waals surface area contributed by atoms with Crippen LogP contribution in [0, 0.1) is 5.92 Å². The van der Waals surface area contributed by atoms with Gasteiger partial charge in [0.1, 0.15) is 5.54 Å². The van der Waals surface area contributed by atoms with Crippen molar-refractivity contribution in [2.24, 2.45) is 5.92 Å². The molecule has 0 aliphatic carbocycles. The lowest BCUT2D eigenvalue weighted by Crippen LogP contribution is -2.48. The molecule has 19 heavy (non-hydrogen) atoms. The fourth-order valence-corrected chi connectivity index (χ4v) is 1.92. The lowest BCUT2D eigenvalue weighted by molar-refractivity contribution is -0.144. The molecule has 0 radical (unpaired) electrons. The molecule has 1 heterocycles. The summed E-state index contributed by atoms with van der Waals surface area (Å²) in [6.07, 6.45) is 0. The summed E-state index contributed by atoms with van der Waals surface area (Å²) in [5.41, 5.74) is -0.476. The summed E-state index contributed by atoms with van der Waals surface area (Å²) in [6.45, 7) is 6.54.